The first-order valence-corrected chi connectivity index (χ1v) is 7.79. The third kappa shape index (κ3) is 4.15. The summed E-state index contributed by atoms with van der Waals surface area (Å²) < 4.78 is 5.00. The van der Waals surface area contributed by atoms with Crippen LogP contribution in [0.3, 0.4) is 0 Å². The van der Waals surface area contributed by atoms with Crippen LogP contribution in [0.1, 0.15) is 6.92 Å². The number of hydrogen-bond acceptors (Lipinski definition) is 4. The van der Waals surface area contributed by atoms with Gasteiger partial charge in [-0.25, -0.2) is 9.59 Å². The Labute approximate surface area is 132 Å². The summed E-state index contributed by atoms with van der Waals surface area (Å²) in [5.74, 6) is 0.0189. The third-order valence-electron chi connectivity index (χ3n) is 2.78. The van der Waals surface area contributed by atoms with E-state index in [9.17, 15) is 9.59 Å². The fourth-order valence-corrected chi connectivity index (χ4v) is 3.01. The first-order chi connectivity index (χ1) is 10.1. The maximum atomic E-state index is 11.9. The van der Waals surface area contributed by atoms with Gasteiger partial charge in [-0.15, -0.1) is 11.8 Å². The van der Waals surface area contributed by atoms with Gasteiger partial charge in [0.25, 0.3) is 0 Å². The van der Waals surface area contributed by atoms with Crippen molar-refractivity contribution in [2.45, 2.75) is 11.8 Å². The van der Waals surface area contributed by atoms with Gasteiger partial charge in [-0.3, -0.25) is 0 Å². The van der Waals surface area contributed by atoms with Crippen LogP contribution in [0.15, 0.2) is 40.4 Å². The lowest BCUT2D eigenvalue weighted by atomic mass is 10.2. The lowest BCUT2D eigenvalue weighted by molar-refractivity contribution is -0.138. The Hall–Kier alpha value is -1.66. The summed E-state index contributed by atoms with van der Waals surface area (Å²) in [6.45, 7) is 2.20. The molecule has 0 spiro atoms. The Morgan fingerprint density at radius 1 is 1.43 bits per heavy atom. The SMILES string of the molecule is CCOC(=O)C1=C(CSc2ccccc2Cl)NC(=O)NC1. The summed E-state index contributed by atoms with van der Waals surface area (Å²) in [7, 11) is 0. The van der Waals surface area contributed by atoms with Gasteiger partial charge in [-0.2, -0.15) is 0 Å². The normalized spacial score (nSPS) is 14.5. The van der Waals surface area contributed by atoms with E-state index in [2.05, 4.69) is 10.6 Å². The van der Waals surface area contributed by atoms with Crippen molar-refractivity contribution in [3.63, 3.8) is 0 Å². The van der Waals surface area contributed by atoms with E-state index in [0.717, 1.165) is 4.90 Å². The molecule has 1 heterocycles. The molecule has 0 saturated carbocycles. The number of carbonyl (C=O) groups is 2. The van der Waals surface area contributed by atoms with Crippen molar-refractivity contribution in [2.75, 3.05) is 18.9 Å². The molecule has 2 rings (SSSR count). The van der Waals surface area contributed by atoms with Crippen LogP contribution < -0.4 is 10.6 Å². The molecule has 0 saturated heterocycles. The molecular formula is C14H15ClN2O3S. The van der Waals surface area contributed by atoms with Crippen molar-refractivity contribution in [2.24, 2.45) is 0 Å². The third-order valence-corrected chi connectivity index (χ3v) is 4.33. The molecule has 2 N–H and O–H groups in total. The maximum Gasteiger partial charge on any atom is 0.337 e. The summed E-state index contributed by atoms with van der Waals surface area (Å²) in [5, 5.41) is 5.87. The largest absolute Gasteiger partial charge is 0.463 e. The summed E-state index contributed by atoms with van der Waals surface area (Å²) >= 11 is 7.55. The number of nitrogens with one attached hydrogen (secondary N) is 2. The molecule has 0 radical (unpaired) electrons. The first-order valence-electron chi connectivity index (χ1n) is 6.43. The van der Waals surface area contributed by atoms with Gasteiger partial charge >= 0.3 is 12.0 Å². The Kier molecular flexibility index (Phi) is 5.52. The predicted octanol–water partition coefficient (Wildman–Crippen LogP) is 2.56. The molecule has 1 aromatic rings. The smallest absolute Gasteiger partial charge is 0.337 e. The second kappa shape index (κ2) is 7.38. The van der Waals surface area contributed by atoms with E-state index in [0.29, 0.717) is 28.7 Å². The molecule has 0 unspecified atom stereocenters. The Morgan fingerprint density at radius 3 is 2.90 bits per heavy atom. The number of halogens is 1. The summed E-state index contributed by atoms with van der Waals surface area (Å²) in [4.78, 5) is 24.2. The Balaban J connectivity index is 2.14. The minimum atomic E-state index is -0.417. The van der Waals surface area contributed by atoms with E-state index >= 15 is 0 Å². The van der Waals surface area contributed by atoms with E-state index < -0.39 is 5.97 Å². The van der Waals surface area contributed by atoms with E-state index in [-0.39, 0.29) is 12.6 Å². The molecule has 0 bridgehead atoms. The van der Waals surface area contributed by atoms with Crippen molar-refractivity contribution >= 4 is 35.4 Å². The number of benzene rings is 1. The highest BCUT2D eigenvalue weighted by atomic mass is 35.5. The van der Waals surface area contributed by atoms with Crippen molar-refractivity contribution in [1.82, 2.24) is 10.6 Å². The second-order valence-electron chi connectivity index (χ2n) is 4.20. The van der Waals surface area contributed by atoms with Gasteiger partial charge in [0.15, 0.2) is 0 Å². The zero-order valence-corrected chi connectivity index (χ0v) is 13.0. The minimum absolute atomic E-state index is 0.170. The van der Waals surface area contributed by atoms with Crippen LogP contribution >= 0.6 is 23.4 Å². The van der Waals surface area contributed by atoms with E-state index in [1.165, 1.54) is 11.8 Å². The monoisotopic (exact) mass is 326 g/mol. The van der Waals surface area contributed by atoms with Crippen LogP contribution in [0.2, 0.25) is 5.02 Å². The van der Waals surface area contributed by atoms with Gasteiger partial charge in [0.1, 0.15) is 0 Å². The zero-order valence-electron chi connectivity index (χ0n) is 11.4. The summed E-state index contributed by atoms with van der Waals surface area (Å²) in [6, 6.07) is 7.10. The molecule has 1 aromatic carbocycles. The predicted molar refractivity (Wildman–Crippen MR) is 82.4 cm³/mol. The molecule has 2 amide bonds. The number of thioether (sulfide) groups is 1. The van der Waals surface area contributed by atoms with Crippen LogP contribution in [-0.2, 0) is 9.53 Å². The quantitative estimate of drug-likeness (QED) is 0.644. The van der Waals surface area contributed by atoms with Crippen LogP contribution in [0.25, 0.3) is 0 Å². The first kappa shape index (κ1) is 15.7. The second-order valence-corrected chi connectivity index (χ2v) is 5.63. The van der Waals surface area contributed by atoms with Gasteiger partial charge in [0.2, 0.25) is 0 Å². The average Bonchev–Trinajstić information content (AvgIpc) is 2.46. The Morgan fingerprint density at radius 2 is 2.19 bits per heavy atom. The molecule has 112 valence electrons. The maximum absolute atomic E-state index is 11.9. The van der Waals surface area contributed by atoms with Crippen LogP contribution in [-0.4, -0.2) is 30.9 Å². The molecule has 1 aliphatic heterocycles. The number of hydrogen-bond donors (Lipinski definition) is 2. The number of urea groups is 1. The summed E-state index contributed by atoms with van der Waals surface area (Å²) in [5.41, 5.74) is 0.998. The lowest BCUT2D eigenvalue weighted by Crippen LogP contribution is -2.44. The molecule has 7 heteroatoms. The summed E-state index contributed by atoms with van der Waals surface area (Å²) in [6.07, 6.45) is 0. The van der Waals surface area contributed by atoms with Gasteiger partial charge < -0.3 is 15.4 Å². The highest BCUT2D eigenvalue weighted by molar-refractivity contribution is 7.99. The molecule has 0 atom stereocenters. The van der Waals surface area contributed by atoms with Gasteiger partial charge in [-0.05, 0) is 19.1 Å². The number of esters is 1. The highest BCUT2D eigenvalue weighted by Gasteiger charge is 2.23. The number of rotatable bonds is 5. The molecule has 5 nitrogen and oxygen atoms in total. The molecule has 21 heavy (non-hydrogen) atoms. The fraction of sp³-hybridized carbons (Fsp3) is 0.286. The number of amides is 2. The van der Waals surface area contributed by atoms with E-state index in [4.69, 9.17) is 16.3 Å². The van der Waals surface area contributed by atoms with Crippen LogP contribution in [0, 0.1) is 0 Å². The minimum Gasteiger partial charge on any atom is -0.463 e. The standard InChI is InChI=1S/C14H15ClN2O3S/c1-2-20-13(18)9-7-16-14(19)17-11(9)8-21-12-6-4-3-5-10(12)15/h3-6H,2,7-8H2,1H3,(H2,16,17,19). The van der Waals surface area contributed by atoms with E-state index in [1.807, 2.05) is 18.2 Å². The van der Waals surface area contributed by atoms with Crippen molar-refractivity contribution in [3.8, 4) is 0 Å². The molecular weight excluding hydrogens is 312 g/mol. The van der Waals surface area contributed by atoms with Crippen molar-refractivity contribution < 1.29 is 14.3 Å². The van der Waals surface area contributed by atoms with E-state index in [1.54, 1.807) is 13.0 Å². The molecule has 0 fully saturated rings. The topological polar surface area (TPSA) is 67.4 Å². The van der Waals surface area contributed by atoms with Gasteiger partial charge in [0.05, 0.1) is 23.7 Å². The van der Waals surface area contributed by atoms with Crippen LogP contribution in [0.5, 0.6) is 0 Å². The lowest BCUT2D eigenvalue weighted by Gasteiger charge is -2.21. The van der Waals surface area contributed by atoms with Crippen molar-refractivity contribution in [1.29, 1.82) is 0 Å². The average molecular weight is 327 g/mol. The highest BCUT2D eigenvalue weighted by Crippen LogP contribution is 2.28. The number of ether oxygens (including phenoxy) is 1. The van der Waals surface area contributed by atoms with Crippen molar-refractivity contribution in [3.05, 3.63) is 40.6 Å². The van der Waals surface area contributed by atoms with Gasteiger partial charge in [-0.1, -0.05) is 23.7 Å². The number of carbonyl (C=O) groups excluding carboxylic acids is 2. The molecule has 0 aliphatic carbocycles. The Bertz CT molecular complexity index is 589. The molecule has 1 aliphatic rings. The fourth-order valence-electron chi connectivity index (χ4n) is 1.78. The zero-order chi connectivity index (χ0) is 15.2. The van der Waals surface area contributed by atoms with Crippen LogP contribution in [0.4, 0.5) is 4.79 Å². The van der Waals surface area contributed by atoms with Gasteiger partial charge in [0, 0.05) is 16.3 Å². The molecule has 0 aromatic heterocycles.